The zero-order valence-corrected chi connectivity index (χ0v) is 7.95. The summed E-state index contributed by atoms with van der Waals surface area (Å²) in [5.41, 5.74) is 3.08. The second-order valence-corrected chi connectivity index (χ2v) is 2.72. The van der Waals surface area contributed by atoms with E-state index in [1.165, 1.54) is 6.07 Å². The van der Waals surface area contributed by atoms with Gasteiger partial charge in [0.05, 0.1) is 11.9 Å². The highest BCUT2D eigenvalue weighted by Crippen LogP contribution is 2.30. The Morgan fingerprint density at radius 3 is 2.59 bits per heavy atom. The van der Waals surface area contributed by atoms with E-state index in [1.807, 2.05) is 0 Å². The molecule has 1 aromatic heterocycles. The smallest absolute Gasteiger partial charge is 0.477 e. The van der Waals surface area contributed by atoms with Gasteiger partial charge in [-0.05, 0) is 0 Å². The molecule has 0 aromatic carbocycles. The molecule has 0 aliphatic rings. The zero-order chi connectivity index (χ0) is 13.2. The van der Waals surface area contributed by atoms with Crippen molar-refractivity contribution in [1.29, 1.82) is 5.26 Å². The first kappa shape index (κ1) is 12.6. The van der Waals surface area contributed by atoms with Gasteiger partial charge in [-0.15, -0.1) is 13.2 Å². The van der Waals surface area contributed by atoms with Crippen LogP contribution < -0.4 is 10.5 Å². The van der Waals surface area contributed by atoms with Crippen molar-refractivity contribution in [2.45, 2.75) is 6.36 Å². The van der Waals surface area contributed by atoms with E-state index in [9.17, 15) is 18.0 Å². The van der Waals surface area contributed by atoms with Crippen LogP contribution in [0.3, 0.4) is 0 Å². The topological polar surface area (TPSA) is 109 Å². The van der Waals surface area contributed by atoms with E-state index in [0.29, 0.717) is 6.20 Å². The number of halogens is 3. The molecule has 0 aliphatic heterocycles. The molecule has 9 heteroatoms. The van der Waals surface area contributed by atoms with Gasteiger partial charge < -0.3 is 15.6 Å². The number of carbonyl (C=O) groups is 1. The fraction of sp³-hybridized carbons (Fsp3) is 0.125. The lowest BCUT2D eigenvalue weighted by molar-refractivity contribution is -0.274. The van der Waals surface area contributed by atoms with Gasteiger partial charge in [0.1, 0.15) is 11.6 Å². The number of aromatic carboxylic acids is 1. The number of nitriles is 1. The number of pyridine rings is 1. The number of nitrogens with two attached hydrogens (primary N) is 1. The average Bonchev–Trinajstić information content (AvgIpc) is 2.14. The number of nitrogen functional groups attached to an aromatic ring is 1. The number of carboxylic acid groups (broad SMARTS) is 1. The monoisotopic (exact) mass is 247 g/mol. The maximum Gasteiger partial charge on any atom is 0.573 e. The number of nitrogens with zero attached hydrogens (tertiary/aromatic N) is 2. The normalized spacial score (nSPS) is 10.7. The molecule has 0 fully saturated rings. The Bertz CT molecular complexity index is 507. The Labute approximate surface area is 92.0 Å². The second kappa shape index (κ2) is 4.17. The molecule has 0 bridgehead atoms. The van der Waals surface area contributed by atoms with E-state index in [2.05, 4.69) is 9.72 Å². The number of hydrogen-bond acceptors (Lipinski definition) is 5. The number of alkyl halides is 3. The molecular formula is C8H4F3N3O3. The number of carboxylic acids is 1. The fourth-order valence-electron chi connectivity index (χ4n) is 1.02. The Balaban J connectivity index is 3.38. The summed E-state index contributed by atoms with van der Waals surface area (Å²) in [4.78, 5) is 14.0. The zero-order valence-electron chi connectivity index (χ0n) is 7.95. The van der Waals surface area contributed by atoms with E-state index in [-0.39, 0.29) is 0 Å². The number of rotatable bonds is 2. The molecule has 0 saturated carbocycles. The first-order chi connectivity index (χ1) is 7.76. The fourth-order valence-corrected chi connectivity index (χ4v) is 1.02. The molecule has 0 saturated heterocycles. The molecule has 0 unspecified atom stereocenters. The molecule has 90 valence electrons. The lowest BCUT2D eigenvalue weighted by atomic mass is 10.1. The van der Waals surface area contributed by atoms with Crippen molar-refractivity contribution < 1.29 is 27.8 Å². The highest BCUT2D eigenvalue weighted by atomic mass is 19.4. The predicted molar refractivity (Wildman–Crippen MR) is 47.0 cm³/mol. The summed E-state index contributed by atoms with van der Waals surface area (Å²) in [6.45, 7) is 0. The van der Waals surface area contributed by atoms with Gasteiger partial charge in [0.25, 0.3) is 0 Å². The van der Waals surface area contributed by atoms with Crippen molar-refractivity contribution in [2.75, 3.05) is 5.73 Å². The van der Waals surface area contributed by atoms with Gasteiger partial charge in [-0.2, -0.15) is 5.26 Å². The number of anilines is 1. The number of aromatic nitrogens is 1. The van der Waals surface area contributed by atoms with Crippen LogP contribution in [0.4, 0.5) is 18.9 Å². The maximum atomic E-state index is 12.0. The average molecular weight is 247 g/mol. The van der Waals surface area contributed by atoms with Gasteiger partial charge in [-0.3, -0.25) is 0 Å². The molecule has 1 aromatic rings. The molecule has 1 rings (SSSR count). The minimum atomic E-state index is -5.08. The molecule has 0 amide bonds. The van der Waals surface area contributed by atoms with Crippen LogP contribution in [0.5, 0.6) is 5.75 Å². The molecule has 0 spiro atoms. The third kappa shape index (κ3) is 2.75. The lowest BCUT2D eigenvalue weighted by Gasteiger charge is -2.12. The van der Waals surface area contributed by atoms with Crippen LogP contribution in [0.25, 0.3) is 0 Å². The van der Waals surface area contributed by atoms with Crippen LogP contribution in [-0.2, 0) is 0 Å². The summed E-state index contributed by atoms with van der Waals surface area (Å²) in [7, 11) is 0. The van der Waals surface area contributed by atoms with Gasteiger partial charge in [0.2, 0.25) is 0 Å². The van der Waals surface area contributed by atoms with Crippen molar-refractivity contribution in [2.24, 2.45) is 0 Å². The SMILES string of the molecule is N#Cc1ncc(OC(F)(F)F)c(C(=O)O)c1N. The van der Waals surface area contributed by atoms with Gasteiger partial charge in [-0.1, -0.05) is 0 Å². The second-order valence-electron chi connectivity index (χ2n) is 2.72. The minimum absolute atomic E-state index is 0.478. The van der Waals surface area contributed by atoms with Crippen molar-refractivity contribution in [3.8, 4) is 11.8 Å². The Morgan fingerprint density at radius 1 is 1.59 bits per heavy atom. The van der Waals surface area contributed by atoms with E-state index < -0.39 is 35.0 Å². The van der Waals surface area contributed by atoms with Crippen LogP contribution in [0.1, 0.15) is 16.1 Å². The van der Waals surface area contributed by atoms with Crippen molar-refractivity contribution in [3.63, 3.8) is 0 Å². The first-order valence-electron chi connectivity index (χ1n) is 3.94. The van der Waals surface area contributed by atoms with E-state index >= 15 is 0 Å². The lowest BCUT2D eigenvalue weighted by Crippen LogP contribution is -2.20. The summed E-state index contributed by atoms with van der Waals surface area (Å²) in [6, 6.07) is 1.44. The van der Waals surface area contributed by atoms with Crippen LogP contribution in [0.2, 0.25) is 0 Å². The molecule has 1 heterocycles. The number of hydrogen-bond donors (Lipinski definition) is 2. The van der Waals surface area contributed by atoms with Gasteiger partial charge in [-0.25, -0.2) is 9.78 Å². The van der Waals surface area contributed by atoms with Crippen molar-refractivity contribution in [3.05, 3.63) is 17.5 Å². The molecular weight excluding hydrogens is 243 g/mol. The largest absolute Gasteiger partial charge is 0.573 e. The summed E-state index contributed by atoms with van der Waals surface area (Å²) < 4.78 is 39.3. The Hall–Kier alpha value is -2.50. The van der Waals surface area contributed by atoms with Crippen LogP contribution >= 0.6 is 0 Å². The highest BCUT2D eigenvalue weighted by Gasteiger charge is 2.34. The van der Waals surface area contributed by atoms with Crippen LogP contribution in [0, 0.1) is 11.3 Å². The van der Waals surface area contributed by atoms with E-state index in [4.69, 9.17) is 16.1 Å². The summed E-state index contributed by atoms with van der Waals surface area (Å²) in [5, 5.41) is 17.2. The minimum Gasteiger partial charge on any atom is -0.477 e. The van der Waals surface area contributed by atoms with Crippen molar-refractivity contribution in [1.82, 2.24) is 4.98 Å². The molecule has 0 atom stereocenters. The van der Waals surface area contributed by atoms with Gasteiger partial charge in [0.15, 0.2) is 11.4 Å². The summed E-state index contributed by atoms with van der Waals surface area (Å²) in [6.07, 6.45) is -4.60. The maximum absolute atomic E-state index is 12.0. The molecule has 6 nitrogen and oxygen atoms in total. The molecule has 0 aliphatic carbocycles. The van der Waals surface area contributed by atoms with Crippen LogP contribution in [0.15, 0.2) is 6.20 Å². The van der Waals surface area contributed by atoms with E-state index in [0.717, 1.165) is 0 Å². The molecule has 17 heavy (non-hydrogen) atoms. The van der Waals surface area contributed by atoms with Crippen LogP contribution in [-0.4, -0.2) is 22.4 Å². The molecule has 3 N–H and O–H groups in total. The summed E-state index contributed by atoms with van der Waals surface area (Å²) in [5.74, 6) is -2.82. The van der Waals surface area contributed by atoms with Gasteiger partial charge >= 0.3 is 12.3 Å². The third-order valence-corrected chi connectivity index (χ3v) is 1.63. The van der Waals surface area contributed by atoms with Crippen molar-refractivity contribution >= 4 is 11.7 Å². The van der Waals surface area contributed by atoms with Gasteiger partial charge in [0, 0.05) is 0 Å². The quantitative estimate of drug-likeness (QED) is 0.810. The van der Waals surface area contributed by atoms with E-state index in [1.54, 1.807) is 0 Å². The molecule has 0 radical (unpaired) electrons. The standard InChI is InChI=1S/C8H4F3N3O3/c9-8(10,11)17-4-2-14-3(1-12)6(13)5(4)7(15)16/h2H,13H2,(H,15,16). The number of ether oxygens (including phenoxy) is 1. The third-order valence-electron chi connectivity index (χ3n) is 1.63. The highest BCUT2D eigenvalue weighted by molar-refractivity contribution is 5.97. The predicted octanol–water partition coefficient (Wildman–Crippen LogP) is 1.13. The Morgan fingerprint density at radius 2 is 2.18 bits per heavy atom. The summed E-state index contributed by atoms with van der Waals surface area (Å²) >= 11 is 0. The first-order valence-corrected chi connectivity index (χ1v) is 3.94. The Kier molecular flexibility index (Phi) is 3.08.